The summed E-state index contributed by atoms with van der Waals surface area (Å²) < 4.78 is 0. The molecule has 1 heterocycles. The standard InChI is InChI=1S/C16H20N4O2/c1-12(7-10-21)20(11-13-5-3-2-4-6-13)16(22)14-15(17)19-9-8-18-14/h2-6,8-9,12,21H,7,10-11H2,1H3,(H2,17,19). The number of carbonyl (C=O) groups excluding carboxylic acids is 1. The molecule has 6 heteroatoms. The van der Waals surface area contributed by atoms with Gasteiger partial charge in [0.2, 0.25) is 0 Å². The minimum atomic E-state index is -0.282. The molecule has 1 aromatic carbocycles. The molecule has 2 aromatic rings. The number of benzene rings is 1. The van der Waals surface area contributed by atoms with Gasteiger partial charge in [-0.3, -0.25) is 4.79 Å². The van der Waals surface area contributed by atoms with Crippen LogP contribution in [0, 0.1) is 0 Å². The number of aliphatic hydroxyl groups excluding tert-OH is 1. The van der Waals surface area contributed by atoms with Crippen LogP contribution < -0.4 is 5.73 Å². The van der Waals surface area contributed by atoms with Crippen molar-refractivity contribution in [1.82, 2.24) is 14.9 Å². The third-order valence-corrected chi connectivity index (χ3v) is 3.46. The SMILES string of the molecule is CC(CCO)N(Cc1ccccc1)C(=O)c1nccnc1N. The van der Waals surface area contributed by atoms with Crippen LogP contribution >= 0.6 is 0 Å². The van der Waals surface area contributed by atoms with Gasteiger partial charge in [0.15, 0.2) is 11.5 Å². The van der Waals surface area contributed by atoms with Crippen molar-refractivity contribution < 1.29 is 9.90 Å². The molecule has 0 saturated carbocycles. The van der Waals surface area contributed by atoms with Crippen LogP contribution in [0.5, 0.6) is 0 Å². The lowest BCUT2D eigenvalue weighted by molar-refractivity contribution is 0.0643. The zero-order valence-corrected chi connectivity index (χ0v) is 12.5. The predicted octanol–water partition coefficient (Wildman–Crippen LogP) is 1.47. The number of anilines is 1. The molecule has 0 spiro atoms. The number of nitrogens with two attached hydrogens (primary N) is 1. The van der Waals surface area contributed by atoms with Crippen molar-refractivity contribution in [1.29, 1.82) is 0 Å². The third kappa shape index (κ3) is 3.79. The summed E-state index contributed by atoms with van der Waals surface area (Å²) in [6.45, 7) is 2.33. The van der Waals surface area contributed by atoms with E-state index in [0.29, 0.717) is 13.0 Å². The number of amides is 1. The molecule has 1 unspecified atom stereocenters. The van der Waals surface area contributed by atoms with Gasteiger partial charge in [0, 0.05) is 31.6 Å². The first-order valence-corrected chi connectivity index (χ1v) is 7.15. The van der Waals surface area contributed by atoms with E-state index in [1.54, 1.807) is 4.90 Å². The van der Waals surface area contributed by atoms with Crippen LogP contribution in [-0.2, 0) is 6.54 Å². The molecule has 1 aromatic heterocycles. The number of hydrogen-bond donors (Lipinski definition) is 2. The third-order valence-electron chi connectivity index (χ3n) is 3.46. The van der Waals surface area contributed by atoms with Crippen LogP contribution in [0.15, 0.2) is 42.7 Å². The lowest BCUT2D eigenvalue weighted by Gasteiger charge is -2.29. The fourth-order valence-corrected chi connectivity index (χ4v) is 2.20. The molecule has 1 atom stereocenters. The van der Waals surface area contributed by atoms with Crippen molar-refractivity contribution in [2.24, 2.45) is 0 Å². The maximum atomic E-state index is 12.7. The van der Waals surface area contributed by atoms with E-state index in [1.165, 1.54) is 12.4 Å². The average molecular weight is 300 g/mol. The summed E-state index contributed by atoms with van der Waals surface area (Å²) in [6.07, 6.45) is 3.38. The molecule has 0 aliphatic heterocycles. The van der Waals surface area contributed by atoms with E-state index in [9.17, 15) is 4.79 Å². The van der Waals surface area contributed by atoms with Gasteiger partial charge < -0.3 is 15.7 Å². The highest BCUT2D eigenvalue weighted by Gasteiger charge is 2.24. The van der Waals surface area contributed by atoms with Crippen molar-refractivity contribution in [3.05, 3.63) is 54.0 Å². The van der Waals surface area contributed by atoms with E-state index < -0.39 is 0 Å². The summed E-state index contributed by atoms with van der Waals surface area (Å²) in [5, 5.41) is 9.17. The Kier molecular flexibility index (Phi) is 5.43. The normalized spacial score (nSPS) is 11.9. The van der Waals surface area contributed by atoms with E-state index in [2.05, 4.69) is 9.97 Å². The molecule has 0 aliphatic carbocycles. The Balaban J connectivity index is 2.28. The van der Waals surface area contributed by atoms with Crippen molar-refractivity contribution in [3.63, 3.8) is 0 Å². The molecular weight excluding hydrogens is 280 g/mol. The molecule has 0 fully saturated rings. The van der Waals surface area contributed by atoms with Crippen LogP contribution in [0.2, 0.25) is 0 Å². The van der Waals surface area contributed by atoms with Crippen LogP contribution in [0.1, 0.15) is 29.4 Å². The first-order valence-electron chi connectivity index (χ1n) is 7.15. The Morgan fingerprint density at radius 1 is 1.27 bits per heavy atom. The maximum absolute atomic E-state index is 12.7. The second kappa shape index (κ2) is 7.51. The highest BCUT2D eigenvalue weighted by molar-refractivity contribution is 5.96. The van der Waals surface area contributed by atoms with E-state index in [-0.39, 0.29) is 30.1 Å². The van der Waals surface area contributed by atoms with Crippen LogP contribution in [-0.4, -0.2) is 38.5 Å². The fourth-order valence-electron chi connectivity index (χ4n) is 2.20. The van der Waals surface area contributed by atoms with Gasteiger partial charge in [-0.25, -0.2) is 9.97 Å². The van der Waals surface area contributed by atoms with Crippen LogP contribution in [0.4, 0.5) is 5.82 Å². The van der Waals surface area contributed by atoms with Gasteiger partial charge in [-0.2, -0.15) is 0 Å². The van der Waals surface area contributed by atoms with Crippen molar-refractivity contribution in [3.8, 4) is 0 Å². The molecule has 116 valence electrons. The number of aromatic nitrogens is 2. The largest absolute Gasteiger partial charge is 0.396 e. The molecule has 6 nitrogen and oxygen atoms in total. The zero-order valence-electron chi connectivity index (χ0n) is 12.5. The number of rotatable bonds is 6. The zero-order chi connectivity index (χ0) is 15.9. The number of aliphatic hydroxyl groups is 1. The molecule has 2 rings (SSSR count). The second-order valence-electron chi connectivity index (χ2n) is 5.07. The minimum absolute atomic E-state index is 0.00961. The quantitative estimate of drug-likeness (QED) is 0.843. The Morgan fingerprint density at radius 3 is 2.59 bits per heavy atom. The second-order valence-corrected chi connectivity index (χ2v) is 5.07. The summed E-state index contributed by atoms with van der Waals surface area (Å²) in [6, 6.07) is 9.53. The molecule has 0 aliphatic rings. The number of nitrogens with zero attached hydrogens (tertiary/aromatic N) is 3. The monoisotopic (exact) mass is 300 g/mol. The summed E-state index contributed by atoms with van der Waals surface area (Å²) in [5.41, 5.74) is 6.90. The topological polar surface area (TPSA) is 92.3 Å². The Hall–Kier alpha value is -2.47. The Morgan fingerprint density at radius 2 is 1.95 bits per heavy atom. The molecular formula is C16H20N4O2. The molecule has 0 bridgehead atoms. The molecule has 22 heavy (non-hydrogen) atoms. The van der Waals surface area contributed by atoms with Crippen LogP contribution in [0.25, 0.3) is 0 Å². The molecule has 0 radical (unpaired) electrons. The van der Waals surface area contributed by atoms with Gasteiger partial charge in [-0.15, -0.1) is 0 Å². The first kappa shape index (κ1) is 15.9. The first-order chi connectivity index (χ1) is 10.6. The van der Waals surface area contributed by atoms with Crippen LogP contribution in [0.3, 0.4) is 0 Å². The number of nitrogen functional groups attached to an aromatic ring is 1. The number of carbonyl (C=O) groups is 1. The van der Waals surface area contributed by atoms with Gasteiger partial charge in [-0.05, 0) is 18.9 Å². The molecule has 3 N–H and O–H groups in total. The summed E-state index contributed by atoms with van der Waals surface area (Å²) in [7, 11) is 0. The van der Waals surface area contributed by atoms with E-state index in [0.717, 1.165) is 5.56 Å². The Bertz CT molecular complexity index is 619. The fraction of sp³-hybridized carbons (Fsp3) is 0.312. The maximum Gasteiger partial charge on any atom is 0.276 e. The van der Waals surface area contributed by atoms with Gasteiger partial charge in [0.1, 0.15) is 0 Å². The Labute approximate surface area is 129 Å². The lowest BCUT2D eigenvalue weighted by atomic mass is 10.1. The van der Waals surface area contributed by atoms with E-state index in [1.807, 2.05) is 37.3 Å². The van der Waals surface area contributed by atoms with E-state index >= 15 is 0 Å². The highest BCUT2D eigenvalue weighted by Crippen LogP contribution is 2.16. The minimum Gasteiger partial charge on any atom is -0.396 e. The summed E-state index contributed by atoms with van der Waals surface area (Å²) >= 11 is 0. The summed E-state index contributed by atoms with van der Waals surface area (Å²) in [5.74, 6) is -0.169. The highest BCUT2D eigenvalue weighted by atomic mass is 16.3. The predicted molar refractivity (Wildman–Crippen MR) is 83.9 cm³/mol. The summed E-state index contributed by atoms with van der Waals surface area (Å²) in [4.78, 5) is 22.4. The van der Waals surface area contributed by atoms with Gasteiger partial charge in [0.25, 0.3) is 5.91 Å². The van der Waals surface area contributed by atoms with Gasteiger partial charge in [-0.1, -0.05) is 30.3 Å². The average Bonchev–Trinajstić information content (AvgIpc) is 2.53. The van der Waals surface area contributed by atoms with Crippen molar-refractivity contribution in [2.75, 3.05) is 12.3 Å². The number of hydrogen-bond acceptors (Lipinski definition) is 5. The lowest BCUT2D eigenvalue weighted by Crippen LogP contribution is -2.39. The van der Waals surface area contributed by atoms with E-state index in [4.69, 9.17) is 10.8 Å². The molecule has 0 saturated heterocycles. The van der Waals surface area contributed by atoms with Crippen molar-refractivity contribution >= 4 is 11.7 Å². The van der Waals surface area contributed by atoms with Crippen molar-refractivity contribution in [2.45, 2.75) is 25.9 Å². The smallest absolute Gasteiger partial charge is 0.276 e. The van der Waals surface area contributed by atoms with Gasteiger partial charge >= 0.3 is 0 Å². The van der Waals surface area contributed by atoms with Gasteiger partial charge in [0.05, 0.1) is 0 Å². The molecule has 1 amide bonds.